The number of Topliss-reactive ketones (excluding diaryl/α,β-unsaturated/α-hetero) is 1. The zero-order valence-electron chi connectivity index (χ0n) is 14.8. The number of allylic oxidation sites excluding steroid dienone is 1. The fraction of sp³-hybridized carbons (Fsp3) is 0.389. The topological polar surface area (TPSA) is 77.1 Å². The van der Waals surface area contributed by atoms with Crippen LogP contribution in [0.25, 0.3) is 0 Å². The van der Waals surface area contributed by atoms with Gasteiger partial charge in [0.2, 0.25) is 5.88 Å². The van der Waals surface area contributed by atoms with Gasteiger partial charge in [-0.05, 0) is 26.3 Å². The van der Waals surface area contributed by atoms with Crippen LogP contribution >= 0.6 is 11.8 Å². The number of carbonyl (C=O) groups is 1. The average Bonchev–Trinajstić information content (AvgIpc) is 2.84. The molecule has 0 aromatic carbocycles. The number of aryl methyl sites for hydroxylation is 1. The van der Waals surface area contributed by atoms with Gasteiger partial charge >= 0.3 is 0 Å². The van der Waals surface area contributed by atoms with Crippen LogP contribution in [0.5, 0.6) is 5.88 Å². The van der Waals surface area contributed by atoms with E-state index in [0.717, 1.165) is 23.9 Å². The number of ketones is 1. The molecule has 0 saturated carbocycles. The Morgan fingerprint density at radius 2 is 2.08 bits per heavy atom. The summed E-state index contributed by atoms with van der Waals surface area (Å²) in [5, 5.41) is 9.94. The molecule has 0 unspecified atom stereocenters. The summed E-state index contributed by atoms with van der Waals surface area (Å²) in [4.78, 5) is 28.6. The Morgan fingerprint density at radius 3 is 2.72 bits per heavy atom. The zero-order valence-corrected chi connectivity index (χ0v) is 15.6. The van der Waals surface area contributed by atoms with E-state index >= 15 is 0 Å². The summed E-state index contributed by atoms with van der Waals surface area (Å²) in [7, 11) is 0. The maximum atomic E-state index is 12.6. The van der Waals surface area contributed by atoms with Gasteiger partial charge in [-0.3, -0.25) is 14.2 Å². The van der Waals surface area contributed by atoms with E-state index in [4.69, 9.17) is 0 Å². The van der Waals surface area contributed by atoms with Crippen molar-refractivity contribution >= 4 is 17.5 Å². The van der Waals surface area contributed by atoms with E-state index in [0.29, 0.717) is 23.8 Å². The molecular weight excluding hydrogens is 338 g/mol. The minimum atomic E-state index is -0.323. The number of rotatable bonds is 8. The largest absolute Gasteiger partial charge is 0.493 e. The quantitative estimate of drug-likeness (QED) is 0.339. The van der Waals surface area contributed by atoms with Crippen molar-refractivity contribution in [3.05, 3.63) is 52.1 Å². The van der Waals surface area contributed by atoms with Crippen LogP contribution in [-0.2, 0) is 13.1 Å². The molecule has 7 heteroatoms. The molecule has 0 fully saturated rings. The summed E-state index contributed by atoms with van der Waals surface area (Å²) in [6, 6.07) is 2.96. The molecule has 1 N–H and O–H groups in total. The van der Waals surface area contributed by atoms with Crippen molar-refractivity contribution in [2.24, 2.45) is 0 Å². The van der Waals surface area contributed by atoms with Gasteiger partial charge in [0, 0.05) is 30.0 Å². The van der Waals surface area contributed by atoms with E-state index in [-0.39, 0.29) is 23.0 Å². The molecule has 2 heterocycles. The van der Waals surface area contributed by atoms with Gasteiger partial charge in [-0.25, -0.2) is 0 Å². The Kier molecular flexibility index (Phi) is 6.25. The summed E-state index contributed by atoms with van der Waals surface area (Å²) in [5.41, 5.74) is 2.26. The third-order valence-corrected chi connectivity index (χ3v) is 4.90. The summed E-state index contributed by atoms with van der Waals surface area (Å²) in [6.07, 6.45) is 2.56. The predicted octanol–water partition coefficient (Wildman–Crippen LogP) is 2.94. The van der Waals surface area contributed by atoms with Crippen molar-refractivity contribution in [1.82, 2.24) is 14.1 Å². The Hall–Kier alpha value is -2.28. The number of hydrogen-bond donors (Lipinski definition) is 1. The zero-order chi connectivity index (χ0) is 18.6. The van der Waals surface area contributed by atoms with Crippen LogP contribution in [0.2, 0.25) is 0 Å². The molecule has 0 radical (unpaired) electrons. The molecule has 0 amide bonds. The van der Waals surface area contributed by atoms with Crippen LogP contribution in [0.4, 0.5) is 0 Å². The van der Waals surface area contributed by atoms with Gasteiger partial charge in [0.25, 0.3) is 5.56 Å². The van der Waals surface area contributed by atoms with Crippen LogP contribution in [0.1, 0.15) is 35.1 Å². The first kappa shape index (κ1) is 19.1. The van der Waals surface area contributed by atoms with E-state index in [2.05, 4.69) is 11.6 Å². The van der Waals surface area contributed by atoms with Gasteiger partial charge in [0.05, 0.1) is 11.8 Å². The third kappa shape index (κ3) is 4.22. The van der Waals surface area contributed by atoms with Crippen molar-refractivity contribution in [2.45, 2.75) is 45.4 Å². The Bertz CT molecular complexity index is 852. The average molecular weight is 361 g/mol. The third-order valence-electron chi connectivity index (χ3n) is 3.93. The van der Waals surface area contributed by atoms with Crippen molar-refractivity contribution < 1.29 is 9.90 Å². The molecule has 2 rings (SSSR count). The van der Waals surface area contributed by atoms with E-state index < -0.39 is 0 Å². The molecule has 6 nitrogen and oxygen atoms in total. The van der Waals surface area contributed by atoms with Crippen LogP contribution < -0.4 is 5.56 Å². The van der Waals surface area contributed by atoms with Crippen molar-refractivity contribution in [3.63, 3.8) is 0 Å². The van der Waals surface area contributed by atoms with Crippen molar-refractivity contribution in [1.29, 1.82) is 0 Å². The summed E-state index contributed by atoms with van der Waals surface area (Å²) in [6.45, 7) is 10.7. The maximum absolute atomic E-state index is 12.6. The Labute approximate surface area is 151 Å². The normalized spacial score (nSPS) is 10.8. The number of carbonyl (C=O) groups excluding carboxylic acids is 1. The molecule has 2 aromatic rings. The number of hydrogen-bond acceptors (Lipinski definition) is 5. The highest BCUT2D eigenvalue weighted by molar-refractivity contribution is 7.99. The summed E-state index contributed by atoms with van der Waals surface area (Å²) in [5.74, 6) is -0.205. The first-order chi connectivity index (χ1) is 11.9. The minimum Gasteiger partial charge on any atom is -0.493 e. The van der Waals surface area contributed by atoms with Gasteiger partial charge in [0.1, 0.15) is 0 Å². The standard InChI is InChI=1S/C18H23N3O3S/c1-5-7-20-12(3)9-14(13(20)4)15(22)11-25-18-19-16(23)10-17(24)21(18)8-6-2/h5,9-10,23H,1,6-8,11H2,2-4H3. The second-order valence-corrected chi connectivity index (χ2v) is 6.73. The van der Waals surface area contributed by atoms with Gasteiger partial charge in [0.15, 0.2) is 10.9 Å². The van der Waals surface area contributed by atoms with E-state index in [9.17, 15) is 14.7 Å². The van der Waals surface area contributed by atoms with Crippen LogP contribution in [0.15, 0.2) is 34.7 Å². The lowest BCUT2D eigenvalue weighted by Gasteiger charge is -2.10. The number of aromatic nitrogens is 3. The maximum Gasteiger partial charge on any atom is 0.257 e. The molecular formula is C18H23N3O3S. The van der Waals surface area contributed by atoms with Gasteiger partial charge in [-0.15, -0.1) is 6.58 Å². The van der Waals surface area contributed by atoms with E-state index in [1.54, 1.807) is 6.08 Å². The summed E-state index contributed by atoms with van der Waals surface area (Å²) < 4.78 is 3.52. The molecule has 0 bridgehead atoms. The lowest BCUT2D eigenvalue weighted by Crippen LogP contribution is -2.22. The lowest BCUT2D eigenvalue weighted by atomic mass is 10.2. The number of thioether (sulfide) groups is 1. The van der Waals surface area contributed by atoms with E-state index in [1.807, 2.05) is 31.4 Å². The van der Waals surface area contributed by atoms with Crippen LogP contribution in [-0.4, -0.2) is 30.8 Å². The Balaban J connectivity index is 2.22. The fourth-order valence-electron chi connectivity index (χ4n) is 2.71. The monoisotopic (exact) mass is 361 g/mol. The number of nitrogens with zero attached hydrogens (tertiary/aromatic N) is 3. The second kappa shape index (κ2) is 8.20. The Morgan fingerprint density at radius 1 is 1.36 bits per heavy atom. The molecule has 2 aromatic heterocycles. The first-order valence-electron chi connectivity index (χ1n) is 8.13. The lowest BCUT2D eigenvalue weighted by molar-refractivity contribution is 0.102. The molecule has 25 heavy (non-hydrogen) atoms. The molecule has 0 atom stereocenters. The van der Waals surface area contributed by atoms with E-state index in [1.165, 1.54) is 16.3 Å². The fourth-order valence-corrected chi connectivity index (χ4v) is 3.63. The van der Waals surface area contributed by atoms with Crippen LogP contribution in [0.3, 0.4) is 0 Å². The molecule has 0 aliphatic rings. The molecule has 0 aliphatic heterocycles. The number of aromatic hydroxyl groups is 1. The van der Waals surface area contributed by atoms with Gasteiger partial charge < -0.3 is 9.67 Å². The summed E-state index contributed by atoms with van der Waals surface area (Å²) >= 11 is 1.17. The van der Waals surface area contributed by atoms with Gasteiger partial charge in [-0.2, -0.15) is 4.98 Å². The van der Waals surface area contributed by atoms with Crippen molar-refractivity contribution in [2.75, 3.05) is 5.75 Å². The highest BCUT2D eigenvalue weighted by Gasteiger charge is 2.17. The molecule has 0 saturated heterocycles. The molecule has 0 spiro atoms. The molecule has 0 aliphatic carbocycles. The van der Waals surface area contributed by atoms with Crippen molar-refractivity contribution in [3.8, 4) is 5.88 Å². The van der Waals surface area contributed by atoms with Gasteiger partial charge in [-0.1, -0.05) is 24.8 Å². The SMILES string of the molecule is C=CCn1c(C)cc(C(=O)CSc2nc(O)cc(=O)n2CCC)c1C. The minimum absolute atomic E-state index is 0.0333. The highest BCUT2D eigenvalue weighted by atomic mass is 32.2. The second-order valence-electron chi connectivity index (χ2n) is 5.78. The smallest absolute Gasteiger partial charge is 0.257 e. The highest BCUT2D eigenvalue weighted by Crippen LogP contribution is 2.21. The predicted molar refractivity (Wildman–Crippen MR) is 99.6 cm³/mol. The first-order valence-corrected chi connectivity index (χ1v) is 9.12. The molecule has 134 valence electrons. The van der Waals surface area contributed by atoms with Crippen LogP contribution in [0, 0.1) is 13.8 Å².